The van der Waals surface area contributed by atoms with E-state index in [4.69, 9.17) is 14.6 Å². The lowest BCUT2D eigenvalue weighted by atomic mass is 10.0. The summed E-state index contributed by atoms with van der Waals surface area (Å²) < 4.78 is 35.1. The van der Waals surface area contributed by atoms with Crippen molar-refractivity contribution in [1.82, 2.24) is 4.98 Å². The molecule has 0 aliphatic carbocycles. The summed E-state index contributed by atoms with van der Waals surface area (Å²) in [7, 11) is -5.86. The van der Waals surface area contributed by atoms with Crippen LogP contribution in [0.25, 0.3) is 0 Å². The number of rotatable bonds is 7. The molecule has 6 nitrogen and oxygen atoms in total. The van der Waals surface area contributed by atoms with Crippen LogP contribution in [0.1, 0.15) is 59.9 Å². The molecule has 0 spiro atoms. The molecular weight excluding hydrogens is 416 g/mol. The Kier molecular flexibility index (Phi) is 8.51. The highest BCUT2D eigenvalue weighted by Gasteiger charge is 2.41. The maximum atomic E-state index is 11.9. The Hall–Kier alpha value is -1.40. The fourth-order valence-corrected chi connectivity index (χ4v) is 10.2. The monoisotopic (exact) mass is 452 g/mol. The molecule has 0 unspecified atom stereocenters. The first-order valence-electron chi connectivity index (χ1n) is 10.7. The Morgan fingerprint density at radius 3 is 2.23 bits per heavy atom. The van der Waals surface area contributed by atoms with E-state index < -0.39 is 18.1 Å². The molecular formula is C22H36N2O4SSi. The van der Waals surface area contributed by atoms with Crippen molar-refractivity contribution >= 4 is 18.1 Å². The molecule has 1 aliphatic rings. The highest BCUT2D eigenvalue weighted by molar-refractivity contribution is 7.89. The van der Waals surface area contributed by atoms with Crippen LogP contribution >= 0.6 is 0 Å². The number of hydrogen-bond donors (Lipinski definition) is 1. The van der Waals surface area contributed by atoms with E-state index >= 15 is 0 Å². The number of nitrogens with zero attached hydrogens (tertiary/aromatic N) is 1. The highest BCUT2D eigenvalue weighted by Crippen LogP contribution is 2.41. The van der Waals surface area contributed by atoms with Gasteiger partial charge in [0.05, 0.1) is 18.4 Å². The molecule has 1 saturated heterocycles. The molecule has 8 heteroatoms. The standard InChI is InChI=1S/C22H36N2O4SSi/c1-16(2)30(17(3)4,18(5)6)12-9-20-13-21(29(23,25)26)14-24-22(20)28-15-19-7-10-27-11-8-19/h13-14,16-19H,7-8,10-11,15H2,1-6H3,(H2,23,25,26). The maximum Gasteiger partial charge on any atom is 0.239 e. The van der Waals surface area contributed by atoms with E-state index in [9.17, 15) is 8.42 Å². The Morgan fingerprint density at radius 2 is 1.73 bits per heavy atom. The van der Waals surface area contributed by atoms with Gasteiger partial charge in [-0.25, -0.2) is 18.5 Å². The van der Waals surface area contributed by atoms with Crippen LogP contribution in [0.5, 0.6) is 5.88 Å². The summed E-state index contributed by atoms with van der Waals surface area (Å²) in [6.45, 7) is 15.4. The van der Waals surface area contributed by atoms with Gasteiger partial charge in [0.15, 0.2) is 0 Å². The number of ether oxygens (including phenoxy) is 2. The minimum Gasteiger partial charge on any atom is -0.476 e. The zero-order chi connectivity index (χ0) is 22.5. The first kappa shape index (κ1) is 24.9. The minimum atomic E-state index is -3.87. The Bertz CT molecular complexity index is 860. The maximum absolute atomic E-state index is 11.9. The molecule has 2 N–H and O–H groups in total. The lowest BCUT2D eigenvalue weighted by molar-refractivity contribution is 0.0490. The number of hydrogen-bond acceptors (Lipinski definition) is 5. The van der Waals surface area contributed by atoms with Crippen LogP contribution in [0.15, 0.2) is 17.2 Å². The van der Waals surface area contributed by atoms with Gasteiger partial charge in [-0.05, 0) is 41.4 Å². The van der Waals surface area contributed by atoms with Crippen molar-refractivity contribution < 1.29 is 17.9 Å². The fraction of sp³-hybridized carbons (Fsp3) is 0.682. The van der Waals surface area contributed by atoms with Crippen LogP contribution in [0.2, 0.25) is 16.6 Å². The van der Waals surface area contributed by atoms with Crippen molar-refractivity contribution in [2.75, 3.05) is 19.8 Å². The van der Waals surface area contributed by atoms with Gasteiger partial charge >= 0.3 is 0 Å². The van der Waals surface area contributed by atoms with Crippen molar-refractivity contribution in [3.63, 3.8) is 0 Å². The normalized spacial score (nSPS) is 16.1. The van der Waals surface area contributed by atoms with Gasteiger partial charge < -0.3 is 9.47 Å². The van der Waals surface area contributed by atoms with Crippen LogP contribution in [0.4, 0.5) is 0 Å². The quantitative estimate of drug-likeness (QED) is 0.497. The zero-order valence-electron chi connectivity index (χ0n) is 19.1. The van der Waals surface area contributed by atoms with E-state index in [1.807, 2.05) is 0 Å². The average Bonchev–Trinajstić information content (AvgIpc) is 2.66. The van der Waals surface area contributed by atoms with E-state index in [2.05, 4.69) is 58.0 Å². The average molecular weight is 453 g/mol. The lowest BCUT2D eigenvalue weighted by Gasteiger charge is -2.38. The molecule has 2 heterocycles. The van der Waals surface area contributed by atoms with Gasteiger partial charge in [0.1, 0.15) is 13.0 Å². The highest BCUT2D eigenvalue weighted by atomic mass is 32.2. The SMILES string of the molecule is CC(C)[Si](C#Cc1cc(S(N)(=O)=O)cnc1OCC1CCOCC1)(C(C)C)C(C)C. The summed E-state index contributed by atoms with van der Waals surface area (Å²) in [5.41, 5.74) is 5.50. The van der Waals surface area contributed by atoms with Crippen LogP contribution in [-0.4, -0.2) is 41.3 Å². The second-order valence-electron chi connectivity index (χ2n) is 9.08. The van der Waals surface area contributed by atoms with Gasteiger partial charge in [-0.15, -0.1) is 5.54 Å². The van der Waals surface area contributed by atoms with Crippen LogP contribution in [-0.2, 0) is 14.8 Å². The molecule has 0 bridgehead atoms. The lowest BCUT2D eigenvalue weighted by Crippen LogP contribution is -2.43. The Labute approximate surface area is 183 Å². The third-order valence-corrected chi connectivity index (χ3v) is 13.4. The van der Waals surface area contributed by atoms with Crippen molar-refractivity contribution in [2.24, 2.45) is 11.1 Å². The van der Waals surface area contributed by atoms with E-state index in [1.165, 1.54) is 12.3 Å². The molecule has 0 radical (unpaired) electrons. The van der Waals surface area contributed by atoms with E-state index in [0.717, 1.165) is 26.1 Å². The molecule has 168 valence electrons. The molecule has 0 amide bonds. The molecule has 0 aromatic carbocycles. The largest absolute Gasteiger partial charge is 0.476 e. The number of aromatic nitrogens is 1. The Morgan fingerprint density at radius 1 is 1.17 bits per heavy atom. The van der Waals surface area contributed by atoms with Gasteiger partial charge in [0, 0.05) is 13.2 Å². The summed E-state index contributed by atoms with van der Waals surface area (Å²) in [5, 5.41) is 5.33. The van der Waals surface area contributed by atoms with Crippen molar-refractivity contribution in [3.8, 4) is 17.3 Å². The summed E-state index contributed by atoms with van der Waals surface area (Å²) in [5.74, 6) is 4.05. The third-order valence-electron chi connectivity index (χ3n) is 6.23. The second kappa shape index (κ2) is 10.3. The first-order chi connectivity index (χ1) is 14.0. The molecule has 2 rings (SSSR count). The minimum absolute atomic E-state index is 0.0453. The summed E-state index contributed by atoms with van der Waals surface area (Å²) >= 11 is 0. The summed E-state index contributed by atoms with van der Waals surface area (Å²) in [6, 6.07) is 1.49. The fourth-order valence-electron chi connectivity index (χ4n) is 4.51. The molecule has 1 fully saturated rings. The van der Waals surface area contributed by atoms with E-state index in [1.54, 1.807) is 0 Å². The number of nitrogens with two attached hydrogens (primary N) is 1. The predicted molar refractivity (Wildman–Crippen MR) is 123 cm³/mol. The van der Waals surface area contributed by atoms with Gasteiger partial charge in [0.2, 0.25) is 15.9 Å². The first-order valence-corrected chi connectivity index (χ1v) is 14.5. The van der Waals surface area contributed by atoms with Crippen LogP contribution < -0.4 is 9.88 Å². The van der Waals surface area contributed by atoms with E-state index in [0.29, 0.717) is 40.6 Å². The third kappa shape index (κ3) is 5.85. The van der Waals surface area contributed by atoms with Crippen molar-refractivity contribution in [1.29, 1.82) is 0 Å². The molecule has 0 atom stereocenters. The Balaban J connectivity index is 2.46. The van der Waals surface area contributed by atoms with Gasteiger partial charge in [0.25, 0.3) is 0 Å². The number of sulfonamides is 1. The number of primary sulfonamides is 1. The number of pyridine rings is 1. The summed E-state index contributed by atoms with van der Waals surface area (Å²) in [6.07, 6.45) is 3.14. The topological polar surface area (TPSA) is 91.5 Å². The molecule has 1 aliphatic heterocycles. The van der Waals surface area contributed by atoms with Crippen molar-refractivity contribution in [3.05, 3.63) is 17.8 Å². The van der Waals surface area contributed by atoms with Crippen LogP contribution in [0.3, 0.4) is 0 Å². The van der Waals surface area contributed by atoms with Crippen LogP contribution in [0, 0.1) is 17.4 Å². The van der Waals surface area contributed by atoms with Gasteiger partial charge in [-0.1, -0.05) is 47.5 Å². The summed E-state index contributed by atoms with van der Waals surface area (Å²) in [4.78, 5) is 4.22. The zero-order valence-corrected chi connectivity index (χ0v) is 20.9. The van der Waals surface area contributed by atoms with Crippen molar-refractivity contribution in [2.45, 2.75) is 75.9 Å². The van der Waals surface area contributed by atoms with E-state index in [-0.39, 0.29) is 4.90 Å². The molecule has 1 aromatic rings. The molecule has 0 saturated carbocycles. The predicted octanol–water partition coefficient (Wildman–Crippen LogP) is 4.10. The molecule has 1 aromatic heterocycles. The van der Waals surface area contributed by atoms with Gasteiger partial charge in [-0.2, -0.15) is 0 Å². The molecule has 30 heavy (non-hydrogen) atoms. The smallest absolute Gasteiger partial charge is 0.239 e. The van der Waals surface area contributed by atoms with Gasteiger partial charge in [-0.3, -0.25) is 0 Å². The second-order valence-corrected chi connectivity index (χ2v) is 16.2.